The zero-order valence-corrected chi connectivity index (χ0v) is 7.89. The molecule has 2 heteroatoms. The summed E-state index contributed by atoms with van der Waals surface area (Å²) in [5.74, 6) is 0.129. The van der Waals surface area contributed by atoms with Crippen LogP contribution in [0.25, 0.3) is 0 Å². The summed E-state index contributed by atoms with van der Waals surface area (Å²) in [6.07, 6.45) is 6.50. The van der Waals surface area contributed by atoms with Crippen LogP contribution < -0.4 is 5.32 Å². The van der Waals surface area contributed by atoms with Crippen LogP contribution in [0.1, 0.15) is 39.5 Å². The van der Waals surface area contributed by atoms with Gasteiger partial charge in [0.05, 0.1) is 0 Å². The van der Waals surface area contributed by atoms with E-state index in [2.05, 4.69) is 11.4 Å². The predicted octanol–water partition coefficient (Wildman–Crippen LogP) is 2.01. The maximum Gasteiger partial charge on any atom is 0.247 e. The number of hydrogen-bond donors (Lipinski definition) is 1. The fourth-order valence-corrected chi connectivity index (χ4v) is 1.40. The summed E-state index contributed by atoms with van der Waals surface area (Å²) in [4.78, 5) is 11.4. The molecule has 1 aliphatic rings. The molecule has 0 radical (unpaired) electrons. The molecule has 2 nitrogen and oxygen atoms in total. The second-order valence-electron chi connectivity index (χ2n) is 3.60. The van der Waals surface area contributed by atoms with Crippen LogP contribution in [0.3, 0.4) is 0 Å². The third-order valence-corrected chi connectivity index (χ3v) is 2.00. The van der Waals surface area contributed by atoms with Crippen LogP contribution in [0.15, 0.2) is 11.6 Å². The fourth-order valence-electron chi connectivity index (χ4n) is 1.40. The first-order valence-corrected chi connectivity index (χ1v) is 4.70. The average molecular weight is 167 g/mol. The molecule has 0 saturated heterocycles. The zero-order chi connectivity index (χ0) is 8.97. The first kappa shape index (κ1) is 9.30. The van der Waals surface area contributed by atoms with Gasteiger partial charge < -0.3 is 5.32 Å². The molecule has 0 aromatic heterocycles. The lowest BCUT2D eigenvalue weighted by Crippen LogP contribution is -2.31. The summed E-state index contributed by atoms with van der Waals surface area (Å²) in [5, 5.41) is 2.91. The number of rotatable bonds is 2. The topological polar surface area (TPSA) is 29.1 Å². The smallest absolute Gasteiger partial charge is 0.247 e. The highest BCUT2D eigenvalue weighted by Crippen LogP contribution is 2.17. The number of carbonyl (C=O) groups excluding carboxylic acids is 1. The van der Waals surface area contributed by atoms with Crippen LogP contribution in [0, 0.1) is 0 Å². The minimum absolute atomic E-state index is 0.129. The largest absolute Gasteiger partial charge is 0.350 e. The Morgan fingerprint density at radius 1 is 1.50 bits per heavy atom. The van der Waals surface area contributed by atoms with Crippen LogP contribution in [-0.4, -0.2) is 11.9 Å². The van der Waals surface area contributed by atoms with Gasteiger partial charge >= 0.3 is 0 Å². The molecule has 0 saturated carbocycles. The van der Waals surface area contributed by atoms with Crippen LogP contribution in [-0.2, 0) is 4.79 Å². The van der Waals surface area contributed by atoms with E-state index in [0.717, 1.165) is 24.8 Å². The molecule has 0 atom stereocenters. The number of allylic oxidation sites excluding steroid dienone is 1. The Hall–Kier alpha value is -0.790. The summed E-state index contributed by atoms with van der Waals surface area (Å²) >= 11 is 0. The molecule has 0 aliphatic heterocycles. The van der Waals surface area contributed by atoms with Crippen molar-refractivity contribution in [2.75, 3.05) is 0 Å². The van der Waals surface area contributed by atoms with Gasteiger partial charge in [-0.1, -0.05) is 6.08 Å². The van der Waals surface area contributed by atoms with E-state index in [9.17, 15) is 4.79 Å². The van der Waals surface area contributed by atoms with E-state index in [1.165, 1.54) is 6.42 Å². The second-order valence-corrected chi connectivity index (χ2v) is 3.60. The zero-order valence-electron chi connectivity index (χ0n) is 7.89. The van der Waals surface area contributed by atoms with Gasteiger partial charge in [0, 0.05) is 11.6 Å². The van der Waals surface area contributed by atoms with Gasteiger partial charge in [-0.2, -0.15) is 0 Å². The highest BCUT2D eigenvalue weighted by molar-refractivity contribution is 5.93. The molecule has 0 aromatic rings. The van der Waals surface area contributed by atoms with Gasteiger partial charge in [-0.25, -0.2) is 0 Å². The molecule has 0 heterocycles. The van der Waals surface area contributed by atoms with Crippen LogP contribution in [0.4, 0.5) is 0 Å². The van der Waals surface area contributed by atoms with Gasteiger partial charge in [0.25, 0.3) is 0 Å². The van der Waals surface area contributed by atoms with Crippen LogP contribution in [0.2, 0.25) is 0 Å². The molecule has 0 aromatic carbocycles. The Kier molecular flexibility index (Phi) is 3.32. The average Bonchev–Trinajstić information content (AvgIpc) is 2.05. The van der Waals surface area contributed by atoms with Crippen molar-refractivity contribution in [3.8, 4) is 0 Å². The molecule has 1 amide bonds. The van der Waals surface area contributed by atoms with Crippen LogP contribution >= 0.6 is 0 Å². The van der Waals surface area contributed by atoms with Crippen molar-refractivity contribution in [1.82, 2.24) is 5.32 Å². The molecule has 1 N–H and O–H groups in total. The lowest BCUT2D eigenvalue weighted by atomic mass is 9.99. The van der Waals surface area contributed by atoms with E-state index >= 15 is 0 Å². The highest BCUT2D eigenvalue weighted by atomic mass is 16.1. The van der Waals surface area contributed by atoms with E-state index < -0.39 is 0 Å². The van der Waals surface area contributed by atoms with Crippen molar-refractivity contribution >= 4 is 5.91 Å². The first-order valence-electron chi connectivity index (χ1n) is 4.70. The number of hydrogen-bond acceptors (Lipinski definition) is 1. The Bertz CT molecular complexity index is 194. The number of carbonyl (C=O) groups is 1. The normalized spacial score (nSPS) is 17.4. The van der Waals surface area contributed by atoms with E-state index in [0.29, 0.717) is 0 Å². The van der Waals surface area contributed by atoms with Gasteiger partial charge in [-0.05, 0) is 39.5 Å². The van der Waals surface area contributed by atoms with Gasteiger partial charge in [-0.3, -0.25) is 4.79 Å². The maximum atomic E-state index is 11.4. The summed E-state index contributed by atoms with van der Waals surface area (Å²) in [5.41, 5.74) is 0.981. The van der Waals surface area contributed by atoms with Crippen molar-refractivity contribution in [2.24, 2.45) is 0 Å². The van der Waals surface area contributed by atoms with E-state index in [-0.39, 0.29) is 11.9 Å². The predicted molar refractivity (Wildman–Crippen MR) is 49.8 cm³/mol. The lowest BCUT2D eigenvalue weighted by Gasteiger charge is -2.14. The monoisotopic (exact) mass is 167 g/mol. The maximum absolute atomic E-state index is 11.4. The molecule has 68 valence electrons. The minimum Gasteiger partial charge on any atom is -0.350 e. The quantitative estimate of drug-likeness (QED) is 0.669. The van der Waals surface area contributed by atoms with Gasteiger partial charge in [0.1, 0.15) is 0 Å². The Morgan fingerprint density at radius 2 is 2.25 bits per heavy atom. The van der Waals surface area contributed by atoms with E-state index in [1.54, 1.807) is 0 Å². The summed E-state index contributed by atoms with van der Waals surface area (Å²) in [7, 11) is 0. The molecular formula is C10H17NO. The Balaban J connectivity index is 2.45. The van der Waals surface area contributed by atoms with E-state index in [1.807, 2.05) is 13.8 Å². The molecule has 0 fully saturated rings. The fraction of sp³-hybridized carbons (Fsp3) is 0.700. The molecule has 12 heavy (non-hydrogen) atoms. The number of nitrogens with one attached hydrogen (secondary N) is 1. The van der Waals surface area contributed by atoms with Crippen molar-refractivity contribution in [3.63, 3.8) is 0 Å². The third kappa shape index (κ3) is 2.68. The molecule has 0 spiro atoms. The van der Waals surface area contributed by atoms with Crippen molar-refractivity contribution in [2.45, 2.75) is 45.6 Å². The van der Waals surface area contributed by atoms with Crippen LogP contribution in [0.5, 0.6) is 0 Å². The Morgan fingerprint density at radius 3 is 2.75 bits per heavy atom. The third-order valence-electron chi connectivity index (χ3n) is 2.00. The van der Waals surface area contributed by atoms with Crippen molar-refractivity contribution in [1.29, 1.82) is 0 Å². The first-order chi connectivity index (χ1) is 5.70. The van der Waals surface area contributed by atoms with Crippen molar-refractivity contribution < 1.29 is 4.79 Å². The van der Waals surface area contributed by atoms with Gasteiger partial charge in [0.2, 0.25) is 5.91 Å². The van der Waals surface area contributed by atoms with Gasteiger partial charge in [0.15, 0.2) is 0 Å². The Labute approximate surface area is 74.0 Å². The minimum atomic E-state index is 0.129. The molecule has 0 unspecified atom stereocenters. The summed E-state index contributed by atoms with van der Waals surface area (Å²) in [6, 6.07) is 0.250. The standard InChI is InChI=1S/C10H17NO/c1-8(2)11-10(12)9-6-4-3-5-7-9/h6,8H,3-5,7H2,1-2H3,(H,11,12). The molecule has 1 rings (SSSR count). The molecule has 1 aliphatic carbocycles. The van der Waals surface area contributed by atoms with Crippen molar-refractivity contribution in [3.05, 3.63) is 11.6 Å². The second kappa shape index (κ2) is 4.29. The SMILES string of the molecule is CC(C)NC(=O)C1=CCCCC1. The van der Waals surface area contributed by atoms with E-state index in [4.69, 9.17) is 0 Å². The summed E-state index contributed by atoms with van der Waals surface area (Å²) in [6.45, 7) is 3.97. The molecule has 0 bridgehead atoms. The lowest BCUT2D eigenvalue weighted by molar-refractivity contribution is -0.118. The molecular weight excluding hydrogens is 150 g/mol. The number of amides is 1. The highest BCUT2D eigenvalue weighted by Gasteiger charge is 2.12. The summed E-state index contributed by atoms with van der Waals surface area (Å²) < 4.78 is 0. The van der Waals surface area contributed by atoms with Gasteiger partial charge in [-0.15, -0.1) is 0 Å².